The predicted octanol–water partition coefficient (Wildman–Crippen LogP) is 1.34. The van der Waals surface area contributed by atoms with Gasteiger partial charge in [-0.3, -0.25) is 0 Å². The second-order valence-corrected chi connectivity index (χ2v) is 2.48. The van der Waals surface area contributed by atoms with Crippen LogP contribution < -0.4 is 5.73 Å². The molecule has 66 valence electrons. The quantitative estimate of drug-likeness (QED) is 0.675. The zero-order valence-corrected chi connectivity index (χ0v) is 8.37. The van der Waals surface area contributed by atoms with Gasteiger partial charge in [-0.05, 0) is 34.1 Å². The van der Waals surface area contributed by atoms with Crippen LogP contribution in [0.5, 0.6) is 0 Å². The van der Waals surface area contributed by atoms with E-state index in [0.29, 0.717) is 0 Å². The maximum atomic E-state index is 5.14. The van der Waals surface area contributed by atoms with Gasteiger partial charge in [-0.15, -0.1) is 12.4 Å². The molecule has 3 heteroatoms. The van der Waals surface area contributed by atoms with Gasteiger partial charge in [0, 0.05) is 0 Å². The van der Waals surface area contributed by atoms with Crippen LogP contribution in [0.3, 0.4) is 0 Å². The van der Waals surface area contributed by atoms with Gasteiger partial charge in [0.25, 0.3) is 0 Å². The van der Waals surface area contributed by atoms with Crippen LogP contribution in [0.4, 0.5) is 0 Å². The Morgan fingerprint density at radius 1 is 1.20 bits per heavy atom. The highest BCUT2D eigenvalue weighted by Crippen LogP contribution is 1.77. The van der Waals surface area contributed by atoms with Crippen molar-refractivity contribution in [3.8, 4) is 0 Å². The first-order chi connectivity index (χ1) is 4.15. The molecule has 0 rings (SSSR count). The van der Waals surface area contributed by atoms with E-state index in [4.69, 9.17) is 5.73 Å². The van der Waals surface area contributed by atoms with E-state index in [1.807, 2.05) is 26.0 Å². The van der Waals surface area contributed by atoms with Gasteiger partial charge in [0.05, 0.1) is 0 Å². The molecule has 0 aromatic heterocycles. The SMILES string of the molecule is CCCCN.CN(C)C.Cl. The predicted molar refractivity (Wildman–Crippen MR) is 50.8 cm³/mol. The molecule has 10 heavy (non-hydrogen) atoms. The summed E-state index contributed by atoms with van der Waals surface area (Å²) in [6.07, 6.45) is 2.39. The number of nitrogens with two attached hydrogens (primary N) is 1. The van der Waals surface area contributed by atoms with Gasteiger partial charge in [0.1, 0.15) is 0 Å². The van der Waals surface area contributed by atoms with Gasteiger partial charge >= 0.3 is 0 Å². The van der Waals surface area contributed by atoms with Crippen LogP contribution in [0.15, 0.2) is 0 Å². The van der Waals surface area contributed by atoms with Crippen molar-refractivity contribution in [2.75, 3.05) is 27.7 Å². The molecular formula is C7H21ClN2. The van der Waals surface area contributed by atoms with Gasteiger partial charge in [-0.2, -0.15) is 0 Å². The summed E-state index contributed by atoms with van der Waals surface area (Å²) < 4.78 is 0. The van der Waals surface area contributed by atoms with Crippen LogP contribution in [-0.2, 0) is 0 Å². The molecule has 0 aromatic rings. The summed E-state index contributed by atoms with van der Waals surface area (Å²) in [5.41, 5.74) is 5.14. The molecule has 0 aliphatic carbocycles. The summed E-state index contributed by atoms with van der Waals surface area (Å²) in [6, 6.07) is 0. The zero-order chi connectivity index (χ0) is 7.70. The molecule has 0 amide bonds. The Bertz CT molecular complexity index is 35.8. The molecule has 2 nitrogen and oxygen atoms in total. The first-order valence-electron chi connectivity index (χ1n) is 3.46. The molecule has 0 atom stereocenters. The van der Waals surface area contributed by atoms with Crippen LogP contribution in [0, 0.1) is 0 Å². The third-order valence-electron chi connectivity index (χ3n) is 0.558. The Kier molecular flexibility index (Phi) is 26.8. The number of halogens is 1. The maximum absolute atomic E-state index is 5.14. The van der Waals surface area contributed by atoms with E-state index in [2.05, 4.69) is 6.92 Å². The molecule has 2 N–H and O–H groups in total. The van der Waals surface area contributed by atoms with Gasteiger partial charge in [0.15, 0.2) is 0 Å². The molecular weight excluding hydrogens is 148 g/mol. The van der Waals surface area contributed by atoms with Crippen LogP contribution in [0.2, 0.25) is 0 Å². The molecule has 0 saturated heterocycles. The fraction of sp³-hybridized carbons (Fsp3) is 1.00. The average Bonchev–Trinajstić information content (AvgIpc) is 1.66. The number of hydrogen-bond acceptors (Lipinski definition) is 2. The number of unbranched alkanes of at least 4 members (excludes halogenated alkanes) is 1. The summed E-state index contributed by atoms with van der Waals surface area (Å²) in [7, 11) is 6.00. The standard InChI is InChI=1S/C4H11N.C3H9N.ClH/c1-2-3-4-5;1-4(2)3;/h2-5H2,1H3;1-3H3;1H. The van der Waals surface area contributed by atoms with Gasteiger partial charge < -0.3 is 10.6 Å². The van der Waals surface area contributed by atoms with Gasteiger partial charge in [0.2, 0.25) is 0 Å². The highest BCUT2D eigenvalue weighted by molar-refractivity contribution is 5.85. The van der Waals surface area contributed by atoms with Crippen LogP contribution in [0.1, 0.15) is 19.8 Å². The summed E-state index contributed by atoms with van der Waals surface area (Å²) >= 11 is 0. The molecule has 0 unspecified atom stereocenters. The Balaban J connectivity index is -0.0000000910. The number of nitrogens with zero attached hydrogens (tertiary/aromatic N) is 1. The Labute approximate surface area is 71.2 Å². The number of rotatable bonds is 2. The minimum Gasteiger partial charge on any atom is -0.330 e. The van der Waals surface area contributed by atoms with Crippen LogP contribution >= 0.6 is 12.4 Å². The minimum absolute atomic E-state index is 0. The normalized spacial score (nSPS) is 7.80. The molecule has 0 heterocycles. The highest BCUT2D eigenvalue weighted by Gasteiger charge is 1.67. The lowest BCUT2D eigenvalue weighted by atomic mass is 10.3. The monoisotopic (exact) mass is 168 g/mol. The molecule has 0 aliphatic rings. The fourth-order valence-corrected chi connectivity index (χ4v) is 0.204. The first-order valence-corrected chi connectivity index (χ1v) is 3.46. The second-order valence-electron chi connectivity index (χ2n) is 2.48. The summed E-state index contributed by atoms with van der Waals surface area (Å²) in [4.78, 5) is 2.00. The molecule has 0 saturated carbocycles. The van der Waals surface area contributed by atoms with Crippen molar-refractivity contribution in [3.05, 3.63) is 0 Å². The third-order valence-corrected chi connectivity index (χ3v) is 0.558. The first kappa shape index (κ1) is 16.7. The Morgan fingerprint density at radius 3 is 1.50 bits per heavy atom. The van der Waals surface area contributed by atoms with Crippen LogP contribution in [-0.4, -0.2) is 32.6 Å². The Hall–Kier alpha value is 0.210. The molecule has 0 aromatic carbocycles. The summed E-state index contributed by atoms with van der Waals surface area (Å²) in [6.45, 7) is 2.98. The van der Waals surface area contributed by atoms with E-state index in [-0.39, 0.29) is 12.4 Å². The van der Waals surface area contributed by atoms with E-state index < -0.39 is 0 Å². The van der Waals surface area contributed by atoms with E-state index in [1.54, 1.807) is 0 Å². The van der Waals surface area contributed by atoms with E-state index in [1.165, 1.54) is 12.8 Å². The molecule has 0 bridgehead atoms. The topological polar surface area (TPSA) is 29.3 Å². The van der Waals surface area contributed by atoms with E-state index in [0.717, 1.165) is 6.54 Å². The van der Waals surface area contributed by atoms with Crippen molar-refractivity contribution in [1.29, 1.82) is 0 Å². The van der Waals surface area contributed by atoms with Crippen molar-refractivity contribution in [2.45, 2.75) is 19.8 Å². The zero-order valence-electron chi connectivity index (χ0n) is 7.55. The average molecular weight is 169 g/mol. The van der Waals surface area contributed by atoms with Crippen molar-refractivity contribution < 1.29 is 0 Å². The van der Waals surface area contributed by atoms with Crippen molar-refractivity contribution in [3.63, 3.8) is 0 Å². The van der Waals surface area contributed by atoms with E-state index >= 15 is 0 Å². The lowest BCUT2D eigenvalue weighted by molar-refractivity contribution is 0.505. The smallest absolute Gasteiger partial charge is 0.00774 e. The number of hydrogen-bond donors (Lipinski definition) is 1. The van der Waals surface area contributed by atoms with E-state index in [9.17, 15) is 0 Å². The van der Waals surface area contributed by atoms with Crippen molar-refractivity contribution in [2.24, 2.45) is 5.73 Å². The summed E-state index contributed by atoms with van der Waals surface area (Å²) in [5.74, 6) is 0. The van der Waals surface area contributed by atoms with Crippen molar-refractivity contribution >= 4 is 12.4 Å². The second kappa shape index (κ2) is 16.1. The van der Waals surface area contributed by atoms with Gasteiger partial charge in [-0.1, -0.05) is 13.3 Å². The van der Waals surface area contributed by atoms with Crippen molar-refractivity contribution in [1.82, 2.24) is 4.90 Å². The van der Waals surface area contributed by atoms with Crippen LogP contribution in [0.25, 0.3) is 0 Å². The highest BCUT2D eigenvalue weighted by atomic mass is 35.5. The Morgan fingerprint density at radius 2 is 1.50 bits per heavy atom. The fourth-order valence-electron chi connectivity index (χ4n) is 0.204. The lowest BCUT2D eigenvalue weighted by Crippen LogP contribution is -1.99. The maximum Gasteiger partial charge on any atom is -0.00774 e. The molecule has 0 fully saturated rings. The van der Waals surface area contributed by atoms with Gasteiger partial charge in [-0.25, -0.2) is 0 Å². The third kappa shape index (κ3) is 87.4. The molecule has 0 aliphatic heterocycles. The summed E-state index contributed by atoms with van der Waals surface area (Å²) in [5, 5.41) is 0. The largest absolute Gasteiger partial charge is 0.330 e. The molecule has 0 radical (unpaired) electrons. The minimum atomic E-state index is 0. The molecule has 0 spiro atoms. The lowest BCUT2D eigenvalue weighted by Gasteiger charge is -1.90.